The van der Waals surface area contributed by atoms with Crippen molar-refractivity contribution >= 4 is 40.9 Å². The molecule has 162 valence electrons. The average Bonchev–Trinajstić information content (AvgIpc) is 3.10. The van der Waals surface area contributed by atoms with Crippen molar-refractivity contribution in [1.29, 1.82) is 0 Å². The van der Waals surface area contributed by atoms with Crippen LogP contribution in [0.5, 0.6) is 0 Å². The van der Waals surface area contributed by atoms with Crippen molar-refractivity contribution < 1.29 is 9.59 Å². The van der Waals surface area contributed by atoms with Crippen LogP contribution in [0.1, 0.15) is 40.3 Å². The molecule has 1 aromatic heterocycles. The molecule has 0 radical (unpaired) electrons. The second-order valence-corrected chi connectivity index (χ2v) is 8.56. The Bertz CT molecular complexity index is 1120. The van der Waals surface area contributed by atoms with Crippen molar-refractivity contribution in [3.63, 3.8) is 0 Å². The zero-order valence-corrected chi connectivity index (χ0v) is 19.3. The first-order valence-electron chi connectivity index (χ1n) is 9.71. The highest BCUT2D eigenvalue weighted by molar-refractivity contribution is 7.99. The summed E-state index contributed by atoms with van der Waals surface area (Å²) in [6.45, 7) is 5.65. The van der Waals surface area contributed by atoms with Crippen molar-refractivity contribution in [3.8, 4) is 0 Å². The molecule has 0 bridgehead atoms. The predicted octanol–water partition coefficient (Wildman–Crippen LogP) is 4.31. The number of anilines is 1. The van der Waals surface area contributed by atoms with E-state index in [0.717, 1.165) is 11.1 Å². The van der Waals surface area contributed by atoms with Gasteiger partial charge in [0.25, 0.3) is 5.91 Å². The zero-order valence-electron chi connectivity index (χ0n) is 17.8. The third kappa shape index (κ3) is 5.65. The normalized spacial score (nSPS) is 11.8. The van der Waals surface area contributed by atoms with Gasteiger partial charge in [0.2, 0.25) is 5.91 Å². The number of halogens is 1. The second-order valence-electron chi connectivity index (χ2n) is 7.21. The maximum absolute atomic E-state index is 12.6. The molecule has 0 saturated carbocycles. The van der Waals surface area contributed by atoms with Gasteiger partial charge in [0.15, 0.2) is 11.0 Å². The van der Waals surface area contributed by atoms with E-state index in [1.165, 1.54) is 11.8 Å². The molecular weight excluding hydrogens is 434 g/mol. The van der Waals surface area contributed by atoms with Gasteiger partial charge >= 0.3 is 0 Å². The number of aromatic nitrogens is 3. The fourth-order valence-corrected chi connectivity index (χ4v) is 3.89. The van der Waals surface area contributed by atoms with Crippen LogP contribution in [0.2, 0.25) is 5.02 Å². The number of amides is 2. The van der Waals surface area contributed by atoms with Crippen molar-refractivity contribution in [2.24, 2.45) is 7.05 Å². The molecule has 2 amide bonds. The minimum Gasteiger partial charge on any atom is -0.342 e. The Hall–Kier alpha value is -2.84. The first-order valence-corrected chi connectivity index (χ1v) is 11.1. The SMILES string of the molecule is Cc1ccc(NC(=O)CSc2nnc([C@@H](C)NC(=O)c3ccccc3C)n2C)cc1Cl. The summed E-state index contributed by atoms with van der Waals surface area (Å²) in [5.74, 6) is 0.436. The van der Waals surface area contributed by atoms with Gasteiger partial charge in [-0.05, 0) is 50.1 Å². The molecule has 2 aromatic carbocycles. The molecule has 7 nitrogen and oxygen atoms in total. The fourth-order valence-electron chi connectivity index (χ4n) is 2.99. The molecule has 1 heterocycles. The van der Waals surface area contributed by atoms with Crippen LogP contribution in [0.3, 0.4) is 0 Å². The highest BCUT2D eigenvalue weighted by atomic mass is 35.5. The Labute approximate surface area is 190 Å². The van der Waals surface area contributed by atoms with Gasteiger partial charge in [-0.25, -0.2) is 0 Å². The van der Waals surface area contributed by atoms with Crippen molar-refractivity contribution in [3.05, 3.63) is 70.0 Å². The van der Waals surface area contributed by atoms with Gasteiger partial charge in [-0.1, -0.05) is 47.6 Å². The monoisotopic (exact) mass is 457 g/mol. The van der Waals surface area contributed by atoms with E-state index in [9.17, 15) is 9.59 Å². The summed E-state index contributed by atoms with van der Waals surface area (Å²) >= 11 is 7.37. The molecule has 0 fully saturated rings. The van der Waals surface area contributed by atoms with E-state index in [1.807, 2.05) is 58.2 Å². The first kappa shape index (κ1) is 22.8. The van der Waals surface area contributed by atoms with Crippen LogP contribution in [0.15, 0.2) is 47.6 Å². The largest absolute Gasteiger partial charge is 0.342 e. The highest BCUT2D eigenvalue weighted by Crippen LogP contribution is 2.22. The van der Waals surface area contributed by atoms with Gasteiger partial charge in [-0.15, -0.1) is 10.2 Å². The van der Waals surface area contributed by atoms with Gasteiger partial charge in [-0.3, -0.25) is 9.59 Å². The van der Waals surface area contributed by atoms with E-state index < -0.39 is 0 Å². The number of hydrogen-bond acceptors (Lipinski definition) is 5. The molecule has 0 spiro atoms. The molecule has 9 heteroatoms. The van der Waals surface area contributed by atoms with Gasteiger partial charge in [0.1, 0.15) is 0 Å². The smallest absolute Gasteiger partial charge is 0.252 e. The molecule has 1 atom stereocenters. The van der Waals surface area contributed by atoms with Crippen molar-refractivity contribution in [1.82, 2.24) is 20.1 Å². The molecule has 31 heavy (non-hydrogen) atoms. The zero-order chi connectivity index (χ0) is 22.5. The van der Waals surface area contributed by atoms with Crippen molar-refractivity contribution in [2.45, 2.75) is 32.0 Å². The van der Waals surface area contributed by atoms with Crippen LogP contribution in [-0.4, -0.2) is 32.3 Å². The maximum atomic E-state index is 12.6. The molecule has 0 aliphatic carbocycles. The summed E-state index contributed by atoms with van der Waals surface area (Å²) in [4.78, 5) is 24.8. The predicted molar refractivity (Wildman–Crippen MR) is 124 cm³/mol. The Morgan fingerprint density at radius 3 is 2.58 bits per heavy atom. The number of nitrogens with one attached hydrogen (secondary N) is 2. The molecule has 2 N–H and O–H groups in total. The lowest BCUT2D eigenvalue weighted by Crippen LogP contribution is -2.29. The van der Waals surface area contributed by atoms with E-state index in [0.29, 0.717) is 27.3 Å². The Morgan fingerprint density at radius 1 is 1.13 bits per heavy atom. The number of thioether (sulfide) groups is 1. The molecule has 0 aliphatic heterocycles. The van der Waals surface area contributed by atoms with Gasteiger partial charge in [0, 0.05) is 23.3 Å². The molecule has 0 aliphatic rings. The highest BCUT2D eigenvalue weighted by Gasteiger charge is 2.19. The number of rotatable bonds is 7. The molecule has 0 unspecified atom stereocenters. The number of carbonyl (C=O) groups is 2. The number of nitrogens with zero attached hydrogens (tertiary/aromatic N) is 3. The Balaban J connectivity index is 1.59. The van der Waals surface area contributed by atoms with Crippen LogP contribution in [0.25, 0.3) is 0 Å². The quantitative estimate of drug-likeness (QED) is 0.516. The Morgan fingerprint density at radius 2 is 1.87 bits per heavy atom. The van der Waals surface area contributed by atoms with Crippen molar-refractivity contribution in [2.75, 3.05) is 11.1 Å². The second kappa shape index (κ2) is 9.98. The lowest BCUT2D eigenvalue weighted by atomic mass is 10.1. The topological polar surface area (TPSA) is 88.9 Å². The molecule has 3 aromatic rings. The van der Waals surface area contributed by atoms with Crippen LogP contribution >= 0.6 is 23.4 Å². The number of aryl methyl sites for hydroxylation is 2. The first-order chi connectivity index (χ1) is 14.8. The summed E-state index contributed by atoms with van der Waals surface area (Å²) in [6, 6.07) is 12.4. The van der Waals surface area contributed by atoms with E-state index >= 15 is 0 Å². The lowest BCUT2D eigenvalue weighted by molar-refractivity contribution is -0.113. The Kier molecular flexibility index (Phi) is 7.35. The third-order valence-electron chi connectivity index (χ3n) is 4.78. The maximum Gasteiger partial charge on any atom is 0.252 e. The van der Waals surface area contributed by atoms with Crippen LogP contribution in [0, 0.1) is 13.8 Å². The van der Waals surface area contributed by atoms with Crippen LogP contribution in [0.4, 0.5) is 5.69 Å². The summed E-state index contributed by atoms with van der Waals surface area (Å²) in [6.07, 6.45) is 0. The summed E-state index contributed by atoms with van der Waals surface area (Å²) in [5.41, 5.74) is 3.12. The van der Waals surface area contributed by atoms with E-state index in [1.54, 1.807) is 16.7 Å². The summed E-state index contributed by atoms with van der Waals surface area (Å²) in [7, 11) is 1.81. The molecule has 3 rings (SSSR count). The number of hydrogen-bond donors (Lipinski definition) is 2. The summed E-state index contributed by atoms with van der Waals surface area (Å²) in [5, 5.41) is 15.3. The fraction of sp³-hybridized carbons (Fsp3) is 0.273. The van der Waals surface area contributed by atoms with Gasteiger partial charge in [-0.2, -0.15) is 0 Å². The average molecular weight is 458 g/mol. The lowest BCUT2D eigenvalue weighted by Gasteiger charge is -2.14. The third-order valence-corrected chi connectivity index (χ3v) is 6.21. The standard InChI is InChI=1S/C22H24ClN5O2S/c1-13-7-5-6-8-17(13)21(30)24-15(3)20-26-27-22(28(20)4)31-12-19(29)25-16-10-9-14(2)18(23)11-16/h5-11,15H,12H2,1-4H3,(H,24,30)(H,25,29)/t15-/m1/s1. The number of carbonyl (C=O) groups excluding carboxylic acids is 2. The number of benzene rings is 2. The van der Waals surface area contributed by atoms with Gasteiger partial charge in [0.05, 0.1) is 11.8 Å². The van der Waals surface area contributed by atoms with E-state index in [-0.39, 0.29) is 23.6 Å². The van der Waals surface area contributed by atoms with Gasteiger partial charge < -0.3 is 15.2 Å². The summed E-state index contributed by atoms with van der Waals surface area (Å²) < 4.78 is 1.78. The van der Waals surface area contributed by atoms with Crippen LogP contribution < -0.4 is 10.6 Å². The van der Waals surface area contributed by atoms with E-state index in [2.05, 4.69) is 20.8 Å². The molecular formula is C22H24ClN5O2S. The minimum atomic E-state index is -0.345. The molecule has 0 saturated heterocycles. The van der Waals surface area contributed by atoms with Crippen LogP contribution in [-0.2, 0) is 11.8 Å². The van der Waals surface area contributed by atoms with E-state index in [4.69, 9.17) is 11.6 Å². The minimum absolute atomic E-state index is 0.168.